The zero-order chi connectivity index (χ0) is 11.7. The molecule has 16 heavy (non-hydrogen) atoms. The fraction of sp³-hybridized carbons (Fsp3) is 0.333. The molecule has 86 valence electrons. The third-order valence-corrected chi connectivity index (χ3v) is 2.48. The Morgan fingerprint density at radius 1 is 1.25 bits per heavy atom. The number of halogens is 2. The van der Waals surface area contributed by atoms with Gasteiger partial charge in [-0.2, -0.15) is 8.78 Å². The number of ether oxygens (including phenoxy) is 1. The van der Waals surface area contributed by atoms with Crippen molar-refractivity contribution in [2.75, 3.05) is 0 Å². The van der Waals surface area contributed by atoms with E-state index in [0.717, 1.165) is 11.2 Å². The monoisotopic (exact) mass is 225 g/mol. The molecule has 0 bridgehead atoms. The van der Waals surface area contributed by atoms with Gasteiger partial charge in [-0.15, -0.1) is 0 Å². The van der Waals surface area contributed by atoms with E-state index in [9.17, 15) is 8.78 Å². The average molecular weight is 225 g/mol. The highest BCUT2D eigenvalue weighted by Crippen LogP contribution is 2.29. The summed E-state index contributed by atoms with van der Waals surface area (Å²) in [6.45, 7) is 1.29. The number of hydrogen-bond donors (Lipinski definition) is 1. The van der Waals surface area contributed by atoms with Crippen LogP contribution in [-0.2, 0) is 0 Å². The number of benzene rings is 1. The van der Waals surface area contributed by atoms with Gasteiger partial charge in [0, 0.05) is 16.6 Å². The van der Waals surface area contributed by atoms with Gasteiger partial charge in [0.2, 0.25) is 0 Å². The molecule has 2 nitrogen and oxygen atoms in total. The number of aromatic amines is 1. The maximum absolute atomic E-state index is 12.2. The number of H-pyrrole nitrogens is 1. The number of aromatic nitrogens is 1. The van der Waals surface area contributed by atoms with Crippen molar-refractivity contribution in [2.24, 2.45) is 0 Å². The SMILES string of the molecule is CC(C)c1cc2c(OC(F)F)cccc2[nH]1. The lowest BCUT2D eigenvalue weighted by Gasteiger charge is -2.04. The molecule has 0 aliphatic carbocycles. The predicted octanol–water partition coefficient (Wildman–Crippen LogP) is 3.89. The molecule has 4 heteroatoms. The van der Waals surface area contributed by atoms with Crippen LogP contribution in [0.5, 0.6) is 5.75 Å². The first-order valence-electron chi connectivity index (χ1n) is 5.14. The zero-order valence-corrected chi connectivity index (χ0v) is 9.13. The average Bonchev–Trinajstić information content (AvgIpc) is 2.61. The van der Waals surface area contributed by atoms with Crippen molar-refractivity contribution >= 4 is 10.9 Å². The van der Waals surface area contributed by atoms with Crippen LogP contribution in [0.3, 0.4) is 0 Å². The molecule has 0 unspecified atom stereocenters. The van der Waals surface area contributed by atoms with Crippen molar-refractivity contribution in [3.8, 4) is 5.75 Å². The molecule has 0 fully saturated rings. The first-order valence-corrected chi connectivity index (χ1v) is 5.14. The van der Waals surface area contributed by atoms with E-state index in [1.807, 2.05) is 26.0 Å². The van der Waals surface area contributed by atoms with Crippen molar-refractivity contribution in [2.45, 2.75) is 26.4 Å². The summed E-state index contributed by atoms with van der Waals surface area (Å²) in [5, 5.41) is 0.700. The fourth-order valence-corrected chi connectivity index (χ4v) is 1.66. The molecule has 1 heterocycles. The molecule has 0 atom stereocenters. The molecule has 1 aromatic carbocycles. The molecule has 2 aromatic rings. The Morgan fingerprint density at radius 3 is 2.62 bits per heavy atom. The molecular weight excluding hydrogens is 212 g/mol. The summed E-state index contributed by atoms with van der Waals surface area (Å²) < 4.78 is 28.8. The van der Waals surface area contributed by atoms with E-state index in [1.54, 1.807) is 12.1 Å². The summed E-state index contributed by atoms with van der Waals surface area (Å²) in [7, 11) is 0. The minimum absolute atomic E-state index is 0.218. The normalized spacial score (nSPS) is 11.6. The van der Waals surface area contributed by atoms with E-state index in [-0.39, 0.29) is 5.75 Å². The Kier molecular flexibility index (Phi) is 2.81. The summed E-state index contributed by atoms with van der Waals surface area (Å²) >= 11 is 0. The molecule has 1 N–H and O–H groups in total. The van der Waals surface area contributed by atoms with Crippen LogP contribution in [0.1, 0.15) is 25.5 Å². The van der Waals surface area contributed by atoms with Crippen molar-refractivity contribution < 1.29 is 13.5 Å². The molecule has 2 rings (SSSR count). The topological polar surface area (TPSA) is 25.0 Å². The number of alkyl halides is 2. The molecule has 1 aromatic heterocycles. The summed E-state index contributed by atoms with van der Waals surface area (Å²) in [6, 6.07) is 6.95. The smallest absolute Gasteiger partial charge is 0.387 e. The van der Waals surface area contributed by atoms with Gasteiger partial charge in [0.15, 0.2) is 0 Å². The Labute approximate surface area is 92.2 Å². The highest BCUT2D eigenvalue weighted by atomic mass is 19.3. The van der Waals surface area contributed by atoms with Gasteiger partial charge in [0.1, 0.15) is 5.75 Å². The van der Waals surface area contributed by atoms with Crippen LogP contribution in [0.2, 0.25) is 0 Å². The Morgan fingerprint density at radius 2 is 2.00 bits per heavy atom. The van der Waals surface area contributed by atoms with Crippen molar-refractivity contribution in [1.29, 1.82) is 0 Å². The highest BCUT2D eigenvalue weighted by Gasteiger charge is 2.11. The van der Waals surface area contributed by atoms with Gasteiger partial charge in [-0.1, -0.05) is 19.9 Å². The van der Waals surface area contributed by atoms with E-state index in [4.69, 9.17) is 0 Å². The summed E-state index contributed by atoms with van der Waals surface area (Å²) in [6.07, 6.45) is 0. The second kappa shape index (κ2) is 4.12. The Bertz CT molecular complexity index is 491. The van der Waals surface area contributed by atoms with Crippen LogP contribution >= 0.6 is 0 Å². The van der Waals surface area contributed by atoms with Crippen molar-refractivity contribution in [3.63, 3.8) is 0 Å². The lowest BCUT2D eigenvalue weighted by atomic mass is 10.1. The molecule has 0 saturated carbocycles. The van der Waals surface area contributed by atoms with Gasteiger partial charge in [-0.05, 0) is 24.1 Å². The van der Waals surface area contributed by atoms with Gasteiger partial charge in [0.05, 0.1) is 0 Å². The van der Waals surface area contributed by atoms with Crippen LogP contribution < -0.4 is 4.74 Å². The van der Waals surface area contributed by atoms with Gasteiger partial charge in [-0.25, -0.2) is 0 Å². The quantitative estimate of drug-likeness (QED) is 0.842. The third-order valence-electron chi connectivity index (χ3n) is 2.48. The number of nitrogens with one attached hydrogen (secondary N) is 1. The predicted molar refractivity (Wildman–Crippen MR) is 59.0 cm³/mol. The summed E-state index contributed by atoms with van der Waals surface area (Å²) in [4.78, 5) is 3.18. The van der Waals surface area contributed by atoms with Crippen LogP contribution in [0.4, 0.5) is 8.78 Å². The van der Waals surface area contributed by atoms with E-state index in [1.165, 1.54) is 0 Å². The summed E-state index contributed by atoms with van der Waals surface area (Å²) in [5.74, 6) is 0.544. The van der Waals surface area contributed by atoms with E-state index < -0.39 is 6.61 Å². The van der Waals surface area contributed by atoms with Crippen LogP contribution in [0.25, 0.3) is 10.9 Å². The minimum Gasteiger partial charge on any atom is -0.434 e. The largest absolute Gasteiger partial charge is 0.434 e. The number of fused-ring (bicyclic) bond motifs is 1. The number of hydrogen-bond acceptors (Lipinski definition) is 1. The van der Waals surface area contributed by atoms with Gasteiger partial charge in [0.25, 0.3) is 0 Å². The lowest BCUT2D eigenvalue weighted by Crippen LogP contribution is -2.01. The second-order valence-electron chi connectivity index (χ2n) is 3.98. The Balaban J connectivity index is 2.50. The molecule has 0 amide bonds. The first kappa shape index (κ1) is 10.9. The Hall–Kier alpha value is -1.58. The maximum Gasteiger partial charge on any atom is 0.387 e. The van der Waals surface area contributed by atoms with Crippen LogP contribution in [-0.4, -0.2) is 11.6 Å². The minimum atomic E-state index is -2.79. The fourth-order valence-electron chi connectivity index (χ4n) is 1.66. The van der Waals surface area contributed by atoms with E-state index >= 15 is 0 Å². The maximum atomic E-state index is 12.2. The van der Waals surface area contributed by atoms with Crippen LogP contribution in [0.15, 0.2) is 24.3 Å². The van der Waals surface area contributed by atoms with E-state index in [0.29, 0.717) is 11.3 Å². The molecule has 0 saturated heterocycles. The molecule has 0 aliphatic rings. The van der Waals surface area contributed by atoms with Gasteiger partial charge < -0.3 is 9.72 Å². The number of rotatable bonds is 3. The molecule has 0 spiro atoms. The molecular formula is C12H13F2NO. The first-order chi connectivity index (χ1) is 7.58. The third kappa shape index (κ3) is 2.01. The van der Waals surface area contributed by atoms with Crippen molar-refractivity contribution in [1.82, 2.24) is 4.98 Å². The molecule has 0 radical (unpaired) electrons. The zero-order valence-electron chi connectivity index (χ0n) is 9.13. The summed E-state index contributed by atoms with van der Waals surface area (Å²) in [5.41, 5.74) is 1.84. The lowest BCUT2D eigenvalue weighted by molar-refractivity contribution is -0.0487. The van der Waals surface area contributed by atoms with E-state index in [2.05, 4.69) is 9.72 Å². The highest BCUT2D eigenvalue weighted by molar-refractivity contribution is 5.86. The standard InChI is InChI=1S/C12H13F2NO/c1-7(2)10-6-8-9(15-10)4-3-5-11(8)16-12(13)14/h3-7,12,15H,1-2H3. The van der Waals surface area contributed by atoms with Crippen molar-refractivity contribution in [3.05, 3.63) is 30.0 Å². The van der Waals surface area contributed by atoms with Gasteiger partial charge in [-0.3, -0.25) is 0 Å². The van der Waals surface area contributed by atoms with Crippen LogP contribution in [0, 0.1) is 0 Å². The molecule has 0 aliphatic heterocycles. The second-order valence-corrected chi connectivity index (χ2v) is 3.98. The van der Waals surface area contributed by atoms with Gasteiger partial charge >= 0.3 is 6.61 Å².